The number of halogens is 1. The van der Waals surface area contributed by atoms with E-state index in [-0.39, 0.29) is 11.2 Å². The number of rotatable bonds is 2. The number of anilines is 2. The zero-order valence-electron chi connectivity index (χ0n) is 10.3. The molecule has 1 fully saturated rings. The topological polar surface area (TPSA) is 71.2 Å². The Bertz CT molecular complexity index is 390. The van der Waals surface area contributed by atoms with Crippen LogP contribution in [0.4, 0.5) is 11.9 Å². The SMILES string of the molecule is CC1CN(c2nc(N)nc(Cl)n2)CC1N(C)C. The minimum absolute atomic E-state index is 0.147. The lowest BCUT2D eigenvalue weighted by atomic mass is 10.1. The molecule has 0 amide bonds. The Balaban J connectivity index is 2.19. The van der Waals surface area contributed by atoms with Gasteiger partial charge >= 0.3 is 0 Å². The largest absolute Gasteiger partial charge is 0.368 e. The number of nitrogen functional groups attached to an aromatic ring is 1. The number of aromatic nitrogens is 3. The molecule has 2 N–H and O–H groups in total. The summed E-state index contributed by atoms with van der Waals surface area (Å²) in [5.41, 5.74) is 5.57. The first-order valence-electron chi connectivity index (χ1n) is 5.56. The average molecular weight is 257 g/mol. The molecule has 0 spiro atoms. The van der Waals surface area contributed by atoms with Gasteiger partial charge in [-0.05, 0) is 31.6 Å². The molecule has 0 saturated carbocycles. The molecule has 0 radical (unpaired) electrons. The van der Waals surface area contributed by atoms with Crippen LogP contribution in [0.15, 0.2) is 0 Å². The smallest absolute Gasteiger partial charge is 0.231 e. The first-order valence-corrected chi connectivity index (χ1v) is 5.93. The first kappa shape index (κ1) is 12.3. The maximum absolute atomic E-state index is 5.78. The zero-order chi connectivity index (χ0) is 12.6. The molecule has 1 aliphatic rings. The number of hydrogen-bond donors (Lipinski definition) is 1. The molecule has 1 aromatic heterocycles. The van der Waals surface area contributed by atoms with Crippen molar-refractivity contribution in [1.82, 2.24) is 19.9 Å². The molecule has 1 aromatic rings. The summed E-state index contributed by atoms with van der Waals surface area (Å²) in [6, 6.07) is 0.492. The number of nitrogens with zero attached hydrogens (tertiary/aromatic N) is 5. The second-order valence-electron chi connectivity index (χ2n) is 4.68. The van der Waals surface area contributed by atoms with Crippen LogP contribution in [0.3, 0.4) is 0 Å². The van der Waals surface area contributed by atoms with E-state index in [0.717, 1.165) is 13.1 Å². The maximum Gasteiger partial charge on any atom is 0.231 e. The number of hydrogen-bond acceptors (Lipinski definition) is 6. The van der Waals surface area contributed by atoms with Gasteiger partial charge < -0.3 is 15.5 Å². The molecule has 2 heterocycles. The summed E-state index contributed by atoms with van der Waals surface area (Å²) in [6.07, 6.45) is 0. The fraction of sp³-hybridized carbons (Fsp3) is 0.700. The van der Waals surface area contributed by atoms with Gasteiger partial charge in [0.05, 0.1) is 0 Å². The Kier molecular flexibility index (Phi) is 3.35. The lowest BCUT2D eigenvalue weighted by Gasteiger charge is -2.22. The van der Waals surface area contributed by atoms with Crippen LogP contribution in [0, 0.1) is 5.92 Å². The van der Waals surface area contributed by atoms with E-state index in [0.29, 0.717) is 17.9 Å². The molecule has 0 aliphatic carbocycles. The van der Waals surface area contributed by atoms with Crippen LogP contribution in [0.2, 0.25) is 5.28 Å². The molecule has 1 saturated heterocycles. The highest BCUT2D eigenvalue weighted by atomic mass is 35.5. The molecule has 2 rings (SSSR count). The van der Waals surface area contributed by atoms with Crippen molar-refractivity contribution in [2.75, 3.05) is 37.8 Å². The molecule has 94 valence electrons. The van der Waals surface area contributed by atoms with Crippen molar-refractivity contribution in [2.24, 2.45) is 5.92 Å². The predicted molar refractivity (Wildman–Crippen MR) is 68.1 cm³/mol. The number of likely N-dealkylation sites (N-methyl/N-ethyl adjacent to an activating group) is 1. The molecule has 7 heteroatoms. The van der Waals surface area contributed by atoms with E-state index in [1.54, 1.807) is 0 Å². The molecule has 6 nitrogen and oxygen atoms in total. The van der Waals surface area contributed by atoms with E-state index in [9.17, 15) is 0 Å². The second-order valence-corrected chi connectivity index (χ2v) is 5.01. The minimum atomic E-state index is 0.147. The molecular formula is C10H17ClN6. The van der Waals surface area contributed by atoms with Gasteiger partial charge in [-0.2, -0.15) is 15.0 Å². The van der Waals surface area contributed by atoms with Crippen LogP contribution in [0.5, 0.6) is 0 Å². The van der Waals surface area contributed by atoms with Crippen molar-refractivity contribution >= 4 is 23.5 Å². The van der Waals surface area contributed by atoms with Crippen molar-refractivity contribution < 1.29 is 0 Å². The maximum atomic E-state index is 5.78. The van der Waals surface area contributed by atoms with Crippen molar-refractivity contribution in [1.29, 1.82) is 0 Å². The highest BCUT2D eigenvalue weighted by Crippen LogP contribution is 2.24. The third-order valence-electron chi connectivity index (χ3n) is 3.13. The lowest BCUT2D eigenvalue weighted by molar-refractivity contribution is 0.266. The van der Waals surface area contributed by atoms with Gasteiger partial charge in [0.25, 0.3) is 0 Å². The van der Waals surface area contributed by atoms with Crippen LogP contribution in [-0.2, 0) is 0 Å². The summed E-state index contributed by atoms with van der Waals surface area (Å²) in [4.78, 5) is 16.3. The van der Waals surface area contributed by atoms with Gasteiger partial charge in [-0.25, -0.2) is 0 Å². The average Bonchev–Trinajstić information content (AvgIpc) is 2.59. The Morgan fingerprint density at radius 2 is 2.00 bits per heavy atom. The minimum Gasteiger partial charge on any atom is -0.368 e. The van der Waals surface area contributed by atoms with Gasteiger partial charge in [0.2, 0.25) is 17.2 Å². The van der Waals surface area contributed by atoms with Gasteiger partial charge in [-0.15, -0.1) is 0 Å². The van der Waals surface area contributed by atoms with E-state index < -0.39 is 0 Å². The lowest BCUT2D eigenvalue weighted by Crippen LogP contribution is -2.34. The Morgan fingerprint density at radius 3 is 2.53 bits per heavy atom. The van der Waals surface area contributed by atoms with Crippen molar-refractivity contribution in [3.63, 3.8) is 0 Å². The van der Waals surface area contributed by atoms with Crippen LogP contribution in [0.25, 0.3) is 0 Å². The highest BCUT2D eigenvalue weighted by Gasteiger charge is 2.32. The third kappa shape index (κ3) is 2.58. The van der Waals surface area contributed by atoms with Gasteiger partial charge in [0, 0.05) is 19.1 Å². The van der Waals surface area contributed by atoms with E-state index in [1.807, 2.05) is 0 Å². The van der Waals surface area contributed by atoms with Crippen molar-refractivity contribution in [2.45, 2.75) is 13.0 Å². The predicted octanol–water partition coefficient (Wildman–Crippen LogP) is 0.493. The van der Waals surface area contributed by atoms with Gasteiger partial charge in [0.15, 0.2) is 0 Å². The normalized spacial score (nSPS) is 24.6. The monoisotopic (exact) mass is 256 g/mol. The quantitative estimate of drug-likeness (QED) is 0.831. The molecule has 0 aromatic carbocycles. The molecule has 2 unspecified atom stereocenters. The van der Waals surface area contributed by atoms with Crippen LogP contribution in [0.1, 0.15) is 6.92 Å². The van der Waals surface area contributed by atoms with Gasteiger partial charge in [-0.3, -0.25) is 0 Å². The summed E-state index contributed by atoms with van der Waals surface area (Å²) in [5.74, 6) is 1.29. The fourth-order valence-electron chi connectivity index (χ4n) is 2.28. The van der Waals surface area contributed by atoms with Gasteiger partial charge in [-0.1, -0.05) is 6.92 Å². The summed E-state index contributed by atoms with van der Waals surface area (Å²) in [5, 5.41) is 0.147. The number of nitrogens with two attached hydrogens (primary N) is 1. The van der Waals surface area contributed by atoms with Crippen LogP contribution in [-0.4, -0.2) is 53.1 Å². The summed E-state index contributed by atoms with van der Waals surface area (Å²) in [6.45, 7) is 4.01. The molecular weight excluding hydrogens is 240 g/mol. The summed E-state index contributed by atoms with van der Waals surface area (Å²) >= 11 is 5.78. The summed E-state index contributed by atoms with van der Waals surface area (Å²) in [7, 11) is 4.17. The zero-order valence-corrected chi connectivity index (χ0v) is 11.0. The highest BCUT2D eigenvalue weighted by molar-refractivity contribution is 6.28. The van der Waals surface area contributed by atoms with Crippen LogP contribution < -0.4 is 10.6 Å². The molecule has 0 bridgehead atoms. The molecule has 17 heavy (non-hydrogen) atoms. The van der Waals surface area contributed by atoms with E-state index in [4.69, 9.17) is 17.3 Å². The van der Waals surface area contributed by atoms with E-state index >= 15 is 0 Å². The van der Waals surface area contributed by atoms with Crippen LogP contribution >= 0.6 is 11.6 Å². The second kappa shape index (κ2) is 4.62. The van der Waals surface area contributed by atoms with E-state index in [1.165, 1.54) is 0 Å². The van der Waals surface area contributed by atoms with E-state index in [2.05, 4.69) is 45.8 Å². The standard InChI is InChI=1S/C10H17ClN6/c1-6-4-17(5-7(6)16(2)3)10-14-8(11)13-9(12)15-10/h6-7H,4-5H2,1-3H3,(H2,12,13,14,15). The molecule has 1 aliphatic heterocycles. The van der Waals surface area contributed by atoms with Gasteiger partial charge in [0.1, 0.15) is 0 Å². The fourth-order valence-corrected chi connectivity index (χ4v) is 2.44. The Hall–Kier alpha value is -1.14. The third-order valence-corrected chi connectivity index (χ3v) is 3.30. The summed E-state index contributed by atoms with van der Waals surface area (Å²) < 4.78 is 0. The Morgan fingerprint density at radius 1 is 1.29 bits per heavy atom. The Labute approximate surface area is 106 Å². The first-order chi connectivity index (χ1) is 7.97. The van der Waals surface area contributed by atoms with Crippen molar-refractivity contribution in [3.8, 4) is 0 Å². The van der Waals surface area contributed by atoms with Crippen molar-refractivity contribution in [3.05, 3.63) is 5.28 Å². The molecule has 2 atom stereocenters.